The van der Waals surface area contributed by atoms with E-state index in [1.165, 1.54) is 7.11 Å². The highest BCUT2D eigenvalue weighted by molar-refractivity contribution is 5.79. The number of hydrogen-bond donors (Lipinski definition) is 1. The van der Waals surface area contributed by atoms with Crippen molar-refractivity contribution in [1.29, 1.82) is 0 Å². The van der Waals surface area contributed by atoms with Crippen LogP contribution < -0.4 is 0 Å². The maximum absolute atomic E-state index is 12.1. The first kappa shape index (κ1) is 23.2. The molecule has 5 nitrogen and oxygen atoms in total. The zero-order chi connectivity index (χ0) is 20.1. The lowest BCUT2D eigenvalue weighted by atomic mass is 10.00. The third kappa shape index (κ3) is 9.10. The van der Waals surface area contributed by atoms with Crippen molar-refractivity contribution in [3.8, 4) is 11.8 Å². The molecule has 3 atom stereocenters. The van der Waals surface area contributed by atoms with Gasteiger partial charge in [-0.15, -0.1) is 11.8 Å². The minimum absolute atomic E-state index is 0.0798. The van der Waals surface area contributed by atoms with Crippen LogP contribution in [0.5, 0.6) is 0 Å². The SMILES string of the molecule is CCC#CC[C@H](C)[C@H](O)C=C[C@H]1CCC(=O)N1CCCCCCC(=O)OC. The second-order valence-corrected chi connectivity index (χ2v) is 7.20. The summed E-state index contributed by atoms with van der Waals surface area (Å²) in [5.74, 6) is 6.22. The summed E-state index contributed by atoms with van der Waals surface area (Å²) in [5, 5.41) is 10.3. The molecule has 1 amide bonds. The van der Waals surface area contributed by atoms with E-state index in [9.17, 15) is 14.7 Å². The fourth-order valence-electron chi connectivity index (χ4n) is 3.16. The minimum Gasteiger partial charge on any atom is -0.469 e. The van der Waals surface area contributed by atoms with Gasteiger partial charge in [-0.25, -0.2) is 0 Å². The molecule has 1 fully saturated rings. The summed E-state index contributed by atoms with van der Waals surface area (Å²) in [6, 6.07) is 0.0798. The summed E-state index contributed by atoms with van der Waals surface area (Å²) in [5.41, 5.74) is 0. The molecule has 0 aromatic heterocycles. The number of nitrogens with zero attached hydrogens (tertiary/aromatic N) is 1. The number of likely N-dealkylation sites (tertiary alicyclic amines) is 1. The number of amides is 1. The quantitative estimate of drug-likeness (QED) is 0.259. The Morgan fingerprint density at radius 1 is 1.33 bits per heavy atom. The van der Waals surface area contributed by atoms with E-state index in [0.717, 1.165) is 45.1 Å². The standard InChI is InChI=1S/C22H35NO4/c1-4-5-8-11-18(2)20(24)15-13-19-14-16-21(25)23(19)17-10-7-6-9-12-22(26)27-3/h13,15,18-20,24H,4,6-7,9-12,14,16-17H2,1-3H3/t18-,19-,20+/m0/s1. The Morgan fingerprint density at radius 2 is 2.07 bits per heavy atom. The van der Waals surface area contributed by atoms with Crippen LogP contribution in [0.4, 0.5) is 0 Å². The molecule has 0 spiro atoms. The molecule has 1 rings (SSSR count). The van der Waals surface area contributed by atoms with E-state index in [4.69, 9.17) is 0 Å². The summed E-state index contributed by atoms with van der Waals surface area (Å²) in [6.45, 7) is 4.74. The number of unbranched alkanes of at least 4 members (excludes halogenated alkanes) is 3. The molecule has 1 saturated heterocycles. The Kier molecular flexibility index (Phi) is 11.5. The smallest absolute Gasteiger partial charge is 0.305 e. The molecule has 1 N–H and O–H groups in total. The number of aliphatic hydroxyl groups is 1. The zero-order valence-electron chi connectivity index (χ0n) is 17.1. The van der Waals surface area contributed by atoms with Gasteiger partial charge in [-0.2, -0.15) is 0 Å². The number of ether oxygens (including phenoxy) is 1. The number of carbonyl (C=O) groups is 2. The fraction of sp³-hybridized carbons (Fsp3) is 0.727. The maximum atomic E-state index is 12.1. The van der Waals surface area contributed by atoms with Crippen LogP contribution >= 0.6 is 0 Å². The minimum atomic E-state index is -0.535. The number of esters is 1. The van der Waals surface area contributed by atoms with Crippen LogP contribution in [0, 0.1) is 17.8 Å². The average molecular weight is 378 g/mol. The molecular formula is C22H35NO4. The summed E-state index contributed by atoms with van der Waals surface area (Å²) in [4.78, 5) is 25.1. The molecule has 5 heteroatoms. The second-order valence-electron chi connectivity index (χ2n) is 7.20. The molecule has 0 aromatic rings. The predicted molar refractivity (Wildman–Crippen MR) is 107 cm³/mol. The van der Waals surface area contributed by atoms with Crippen molar-refractivity contribution in [3.63, 3.8) is 0 Å². The van der Waals surface area contributed by atoms with Crippen LogP contribution in [0.1, 0.15) is 71.6 Å². The molecule has 0 unspecified atom stereocenters. The topological polar surface area (TPSA) is 66.8 Å². The lowest BCUT2D eigenvalue weighted by Gasteiger charge is -2.23. The monoisotopic (exact) mass is 377 g/mol. The Hall–Kier alpha value is -1.80. The van der Waals surface area contributed by atoms with E-state index in [1.807, 2.05) is 30.9 Å². The number of methoxy groups -OCH3 is 1. The molecule has 152 valence electrons. The average Bonchev–Trinajstić information content (AvgIpc) is 3.02. The van der Waals surface area contributed by atoms with Gasteiger partial charge in [0.15, 0.2) is 0 Å². The van der Waals surface area contributed by atoms with Gasteiger partial charge in [0.25, 0.3) is 0 Å². The van der Waals surface area contributed by atoms with Gasteiger partial charge in [0, 0.05) is 32.2 Å². The van der Waals surface area contributed by atoms with Gasteiger partial charge in [-0.3, -0.25) is 9.59 Å². The first-order chi connectivity index (χ1) is 13.0. The number of carbonyl (C=O) groups excluding carboxylic acids is 2. The van der Waals surface area contributed by atoms with Crippen molar-refractivity contribution in [1.82, 2.24) is 4.90 Å². The van der Waals surface area contributed by atoms with Gasteiger partial charge in [0.05, 0.1) is 19.3 Å². The maximum Gasteiger partial charge on any atom is 0.305 e. The van der Waals surface area contributed by atoms with Gasteiger partial charge in [0.2, 0.25) is 5.91 Å². The Bertz CT molecular complexity index is 546. The Morgan fingerprint density at radius 3 is 2.78 bits per heavy atom. The first-order valence-electron chi connectivity index (χ1n) is 10.2. The third-order valence-electron chi connectivity index (χ3n) is 4.97. The van der Waals surface area contributed by atoms with E-state index >= 15 is 0 Å². The molecule has 1 heterocycles. The van der Waals surface area contributed by atoms with Crippen LogP contribution in [-0.2, 0) is 14.3 Å². The summed E-state index contributed by atoms with van der Waals surface area (Å²) < 4.78 is 4.63. The van der Waals surface area contributed by atoms with Crippen molar-refractivity contribution in [2.24, 2.45) is 5.92 Å². The van der Waals surface area contributed by atoms with Crippen LogP contribution in [0.2, 0.25) is 0 Å². The second kappa shape index (κ2) is 13.4. The third-order valence-corrected chi connectivity index (χ3v) is 4.97. The lowest BCUT2D eigenvalue weighted by molar-refractivity contribution is -0.140. The van der Waals surface area contributed by atoms with E-state index in [-0.39, 0.29) is 23.8 Å². The lowest BCUT2D eigenvalue weighted by Crippen LogP contribution is -2.33. The van der Waals surface area contributed by atoms with Gasteiger partial charge < -0.3 is 14.7 Å². The number of hydrogen-bond acceptors (Lipinski definition) is 4. The molecule has 27 heavy (non-hydrogen) atoms. The van der Waals surface area contributed by atoms with Crippen LogP contribution in [0.25, 0.3) is 0 Å². The molecule has 0 radical (unpaired) electrons. The highest BCUT2D eigenvalue weighted by atomic mass is 16.5. The van der Waals surface area contributed by atoms with E-state index in [1.54, 1.807) is 0 Å². The van der Waals surface area contributed by atoms with Crippen molar-refractivity contribution in [2.75, 3.05) is 13.7 Å². The van der Waals surface area contributed by atoms with Crippen molar-refractivity contribution in [3.05, 3.63) is 12.2 Å². The van der Waals surface area contributed by atoms with Crippen molar-refractivity contribution in [2.45, 2.75) is 83.8 Å². The van der Waals surface area contributed by atoms with Gasteiger partial charge >= 0.3 is 5.97 Å². The summed E-state index contributed by atoms with van der Waals surface area (Å²) >= 11 is 0. The highest BCUT2D eigenvalue weighted by Crippen LogP contribution is 2.22. The molecule has 0 saturated carbocycles. The molecule has 0 aliphatic carbocycles. The van der Waals surface area contributed by atoms with E-state index in [2.05, 4.69) is 16.6 Å². The highest BCUT2D eigenvalue weighted by Gasteiger charge is 2.28. The Balaban J connectivity index is 2.37. The van der Waals surface area contributed by atoms with Crippen molar-refractivity contribution < 1.29 is 19.4 Å². The van der Waals surface area contributed by atoms with Crippen molar-refractivity contribution >= 4 is 11.9 Å². The van der Waals surface area contributed by atoms with E-state index < -0.39 is 6.10 Å². The first-order valence-corrected chi connectivity index (χ1v) is 10.2. The Labute approximate surface area is 164 Å². The molecule has 1 aliphatic rings. The molecule has 0 aromatic carbocycles. The molecule has 0 bridgehead atoms. The number of rotatable bonds is 11. The van der Waals surface area contributed by atoms with E-state index in [0.29, 0.717) is 19.3 Å². The summed E-state index contributed by atoms with van der Waals surface area (Å²) in [7, 11) is 1.41. The van der Waals surface area contributed by atoms with Gasteiger partial charge in [0.1, 0.15) is 0 Å². The van der Waals surface area contributed by atoms with Crippen LogP contribution in [0.3, 0.4) is 0 Å². The largest absolute Gasteiger partial charge is 0.469 e. The van der Waals surface area contributed by atoms with Crippen LogP contribution in [0.15, 0.2) is 12.2 Å². The fourth-order valence-corrected chi connectivity index (χ4v) is 3.16. The molecule has 1 aliphatic heterocycles. The number of aliphatic hydroxyl groups excluding tert-OH is 1. The summed E-state index contributed by atoms with van der Waals surface area (Å²) in [6.07, 6.45) is 10.4. The van der Waals surface area contributed by atoms with Gasteiger partial charge in [-0.1, -0.05) is 38.8 Å². The zero-order valence-corrected chi connectivity index (χ0v) is 17.1. The normalized spacial score (nSPS) is 19.0. The molecular weight excluding hydrogens is 342 g/mol. The van der Waals surface area contributed by atoms with Gasteiger partial charge in [-0.05, 0) is 25.2 Å². The van der Waals surface area contributed by atoms with Crippen LogP contribution in [-0.4, -0.2) is 47.7 Å². The predicted octanol–water partition coefficient (Wildman–Crippen LogP) is 3.46.